The molecule has 0 aliphatic rings. The second-order valence-corrected chi connectivity index (χ2v) is 3.24. The summed E-state index contributed by atoms with van der Waals surface area (Å²) in [7, 11) is 1.63. The molecule has 0 aromatic heterocycles. The van der Waals surface area contributed by atoms with Gasteiger partial charge < -0.3 is 29.8 Å². The minimum absolute atomic E-state index is 0.0613. The minimum Gasteiger partial charge on any atom is -0.395 e. The standard InChI is InChI=1S/C10H23NO5/c1-13-2-3-14-4-5-15-6-7-16-9-10(11)8-12/h10,12H,2-9,11H2,1H3. The second kappa shape index (κ2) is 12.8. The van der Waals surface area contributed by atoms with Crippen molar-refractivity contribution in [2.24, 2.45) is 5.73 Å². The molecule has 0 saturated carbocycles. The van der Waals surface area contributed by atoms with E-state index in [0.29, 0.717) is 46.2 Å². The molecule has 1 atom stereocenters. The predicted molar refractivity (Wildman–Crippen MR) is 59.4 cm³/mol. The highest BCUT2D eigenvalue weighted by molar-refractivity contribution is 4.55. The molecule has 0 amide bonds. The lowest BCUT2D eigenvalue weighted by Gasteiger charge is -2.09. The Morgan fingerprint density at radius 2 is 1.44 bits per heavy atom. The lowest BCUT2D eigenvalue weighted by molar-refractivity contribution is 0.000279. The fourth-order valence-corrected chi connectivity index (χ4v) is 0.869. The molecule has 6 nitrogen and oxygen atoms in total. The van der Waals surface area contributed by atoms with Crippen LogP contribution in [0.1, 0.15) is 0 Å². The zero-order valence-corrected chi connectivity index (χ0v) is 9.89. The molecule has 0 aliphatic heterocycles. The maximum atomic E-state index is 8.62. The first-order chi connectivity index (χ1) is 7.81. The van der Waals surface area contributed by atoms with Gasteiger partial charge in [0.25, 0.3) is 0 Å². The highest BCUT2D eigenvalue weighted by Crippen LogP contribution is 1.83. The third-order valence-electron chi connectivity index (χ3n) is 1.74. The number of hydrogen-bond acceptors (Lipinski definition) is 6. The van der Waals surface area contributed by atoms with Gasteiger partial charge in [-0.15, -0.1) is 0 Å². The third kappa shape index (κ3) is 11.8. The van der Waals surface area contributed by atoms with Crippen LogP contribution in [0.15, 0.2) is 0 Å². The van der Waals surface area contributed by atoms with E-state index in [0.717, 1.165) is 0 Å². The molecule has 6 heteroatoms. The second-order valence-electron chi connectivity index (χ2n) is 3.24. The summed E-state index contributed by atoms with van der Waals surface area (Å²) in [6.07, 6.45) is 0. The number of hydrogen-bond donors (Lipinski definition) is 2. The molecule has 0 radical (unpaired) electrons. The van der Waals surface area contributed by atoms with E-state index in [1.165, 1.54) is 0 Å². The van der Waals surface area contributed by atoms with Crippen LogP contribution < -0.4 is 5.73 Å². The molecule has 98 valence electrons. The highest BCUT2D eigenvalue weighted by Gasteiger charge is 1.98. The molecule has 1 unspecified atom stereocenters. The Morgan fingerprint density at radius 1 is 0.938 bits per heavy atom. The van der Waals surface area contributed by atoms with Gasteiger partial charge in [0.2, 0.25) is 0 Å². The SMILES string of the molecule is COCCOCCOCCOCC(N)CO. The number of ether oxygens (including phenoxy) is 4. The van der Waals surface area contributed by atoms with Crippen molar-refractivity contribution in [1.29, 1.82) is 0 Å². The summed E-state index contributed by atoms with van der Waals surface area (Å²) in [6, 6.07) is -0.308. The molecule has 0 spiro atoms. The number of aliphatic hydroxyl groups is 1. The van der Waals surface area contributed by atoms with E-state index in [9.17, 15) is 0 Å². The first-order valence-corrected chi connectivity index (χ1v) is 5.40. The van der Waals surface area contributed by atoms with Gasteiger partial charge in [-0.05, 0) is 0 Å². The van der Waals surface area contributed by atoms with E-state index >= 15 is 0 Å². The summed E-state index contributed by atoms with van der Waals surface area (Å²) in [4.78, 5) is 0. The Morgan fingerprint density at radius 3 is 1.94 bits per heavy atom. The van der Waals surface area contributed by atoms with Crippen molar-refractivity contribution in [2.75, 3.05) is 60.0 Å². The summed E-state index contributed by atoms with van der Waals surface area (Å²) in [5.41, 5.74) is 5.43. The van der Waals surface area contributed by atoms with Crippen molar-refractivity contribution < 1.29 is 24.1 Å². The van der Waals surface area contributed by atoms with E-state index in [1.807, 2.05) is 0 Å². The quantitative estimate of drug-likeness (QED) is 0.424. The van der Waals surface area contributed by atoms with Crippen LogP contribution in [-0.4, -0.2) is 71.1 Å². The number of rotatable bonds is 12. The Labute approximate surface area is 96.6 Å². The molecule has 0 aliphatic carbocycles. The van der Waals surface area contributed by atoms with Crippen molar-refractivity contribution in [3.63, 3.8) is 0 Å². The zero-order chi connectivity index (χ0) is 12.1. The lowest BCUT2D eigenvalue weighted by Crippen LogP contribution is -2.30. The first kappa shape index (κ1) is 15.8. The first-order valence-electron chi connectivity index (χ1n) is 5.40. The van der Waals surface area contributed by atoms with E-state index in [-0.39, 0.29) is 12.6 Å². The summed E-state index contributed by atoms with van der Waals surface area (Å²) >= 11 is 0. The van der Waals surface area contributed by atoms with Gasteiger partial charge in [0, 0.05) is 7.11 Å². The zero-order valence-electron chi connectivity index (χ0n) is 9.89. The van der Waals surface area contributed by atoms with Gasteiger partial charge in [0.1, 0.15) is 0 Å². The van der Waals surface area contributed by atoms with Crippen LogP contribution in [0.3, 0.4) is 0 Å². The maximum Gasteiger partial charge on any atom is 0.0701 e. The average Bonchev–Trinajstić information content (AvgIpc) is 2.31. The largest absolute Gasteiger partial charge is 0.395 e. The summed E-state index contributed by atoms with van der Waals surface area (Å²) in [6.45, 7) is 3.55. The molecule has 0 fully saturated rings. The smallest absolute Gasteiger partial charge is 0.0701 e. The highest BCUT2D eigenvalue weighted by atomic mass is 16.6. The molecule has 0 heterocycles. The fraction of sp³-hybridized carbons (Fsp3) is 1.00. The summed E-state index contributed by atoms with van der Waals surface area (Å²) in [5, 5.41) is 8.62. The lowest BCUT2D eigenvalue weighted by atomic mass is 10.4. The summed E-state index contributed by atoms with van der Waals surface area (Å²) < 4.78 is 20.4. The van der Waals surface area contributed by atoms with Crippen molar-refractivity contribution in [3.8, 4) is 0 Å². The van der Waals surface area contributed by atoms with E-state index < -0.39 is 0 Å². The Kier molecular flexibility index (Phi) is 12.6. The van der Waals surface area contributed by atoms with Crippen LogP contribution in [0.5, 0.6) is 0 Å². The summed E-state index contributed by atoms with van der Waals surface area (Å²) in [5.74, 6) is 0. The van der Waals surface area contributed by atoms with Crippen molar-refractivity contribution in [3.05, 3.63) is 0 Å². The topological polar surface area (TPSA) is 83.2 Å². The molecular weight excluding hydrogens is 214 g/mol. The number of aliphatic hydroxyl groups excluding tert-OH is 1. The van der Waals surface area contributed by atoms with Crippen molar-refractivity contribution >= 4 is 0 Å². The molecule has 0 rings (SSSR count). The van der Waals surface area contributed by atoms with E-state index in [2.05, 4.69) is 0 Å². The molecule has 3 N–H and O–H groups in total. The van der Waals surface area contributed by atoms with Gasteiger partial charge in [-0.2, -0.15) is 0 Å². The Balaban J connectivity index is 2.93. The average molecular weight is 237 g/mol. The van der Waals surface area contributed by atoms with Crippen LogP contribution in [0.25, 0.3) is 0 Å². The molecule has 16 heavy (non-hydrogen) atoms. The van der Waals surface area contributed by atoms with Crippen LogP contribution in [0.2, 0.25) is 0 Å². The van der Waals surface area contributed by atoms with Gasteiger partial charge >= 0.3 is 0 Å². The van der Waals surface area contributed by atoms with Crippen LogP contribution in [0.4, 0.5) is 0 Å². The van der Waals surface area contributed by atoms with Crippen LogP contribution >= 0.6 is 0 Å². The molecular formula is C10H23NO5. The molecule has 0 saturated heterocycles. The van der Waals surface area contributed by atoms with Gasteiger partial charge in [-0.3, -0.25) is 0 Å². The van der Waals surface area contributed by atoms with Crippen LogP contribution in [0, 0.1) is 0 Å². The van der Waals surface area contributed by atoms with E-state index in [1.54, 1.807) is 7.11 Å². The Hall–Kier alpha value is -0.240. The number of methoxy groups -OCH3 is 1. The van der Waals surface area contributed by atoms with Gasteiger partial charge in [-0.1, -0.05) is 0 Å². The molecule has 0 aromatic carbocycles. The van der Waals surface area contributed by atoms with Crippen molar-refractivity contribution in [1.82, 2.24) is 0 Å². The Bertz CT molecular complexity index is 136. The maximum absolute atomic E-state index is 8.62. The predicted octanol–water partition coefficient (Wildman–Crippen LogP) is -0.998. The fourth-order valence-electron chi connectivity index (χ4n) is 0.869. The van der Waals surface area contributed by atoms with E-state index in [4.69, 9.17) is 29.8 Å². The van der Waals surface area contributed by atoms with Gasteiger partial charge in [0.05, 0.1) is 58.9 Å². The van der Waals surface area contributed by atoms with Gasteiger partial charge in [-0.25, -0.2) is 0 Å². The monoisotopic (exact) mass is 237 g/mol. The third-order valence-corrected chi connectivity index (χ3v) is 1.74. The van der Waals surface area contributed by atoms with Crippen LogP contribution in [-0.2, 0) is 18.9 Å². The van der Waals surface area contributed by atoms with Crippen molar-refractivity contribution in [2.45, 2.75) is 6.04 Å². The number of nitrogens with two attached hydrogens (primary N) is 1. The minimum atomic E-state index is -0.308. The normalized spacial score (nSPS) is 12.9. The van der Waals surface area contributed by atoms with Gasteiger partial charge in [0.15, 0.2) is 0 Å². The molecule has 0 aromatic rings. The molecule has 0 bridgehead atoms.